The van der Waals surface area contributed by atoms with Crippen molar-refractivity contribution in [1.29, 1.82) is 0 Å². The lowest BCUT2D eigenvalue weighted by Gasteiger charge is -2.57. The first-order valence-corrected chi connectivity index (χ1v) is 8.51. The molecule has 0 atom stereocenters. The molecule has 2 aliphatic heterocycles. The van der Waals surface area contributed by atoms with Gasteiger partial charge in [-0.1, -0.05) is 20.3 Å². The standard InChI is InChI=1S/C17H31N3O2/c1-7-9-10-19-13(21)17(18-14(19)22)11-15(3,4)20(8-2)16(5,6)12-17/h7-12H2,1-6H3,(H,18,22). The molecule has 2 aliphatic rings. The van der Waals surface area contributed by atoms with Gasteiger partial charge in [0.25, 0.3) is 5.91 Å². The molecule has 3 amide bonds. The minimum atomic E-state index is -0.733. The van der Waals surface area contributed by atoms with E-state index in [1.165, 1.54) is 4.90 Å². The highest BCUT2D eigenvalue weighted by Gasteiger charge is 2.60. The number of hydrogen-bond acceptors (Lipinski definition) is 3. The van der Waals surface area contributed by atoms with Gasteiger partial charge in [0, 0.05) is 17.6 Å². The lowest BCUT2D eigenvalue weighted by Crippen LogP contribution is -2.69. The summed E-state index contributed by atoms with van der Waals surface area (Å²) in [6, 6.07) is -0.213. The van der Waals surface area contributed by atoms with Crippen molar-refractivity contribution in [3.63, 3.8) is 0 Å². The highest BCUT2D eigenvalue weighted by Crippen LogP contribution is 2.45. The lowest BCUT2D eigenvalue weighted by molar-refractivity contribution is -0.140. The fourth-order valence-corrected chi connectivity index (χ4v) is 4.84. The molecule has 1 spiro atoms. The molecule has 0 unspecified atom stereocenters. The average molecular weight is 309 g/mol. The summed E-state index contributed by atoms with van der Waals surface area (Å²) < 4.78 is 0. The van der Waals surface area contributed by atoms with E-state index in [0.717, 1.165) is 19.4 Å². The van der Waals surface area contributed by atoms with Gasteiger partial charge in [0.1, 0.15) is 5.54 Å². The van der Waals surface area contributed by atoms with E-state index in [1.807, 2.05) is 0 Å². The molecule has 0 bridgehead atoms. The molecule has 0 saturated carbocycles. The summed E-state index contributed by atoms with van der Waals surface area (Å²) in [5.74, 6) is -0.0251. The van der Waals surface area contributed by atoms with Gasteiger partial charge in [-0.2, -0.15) is 0 Å². The van der Waals surface area contributed by atoms with Crippen LogP contribution in [0, 0.1) is 0 Å². The largest absolute Gasteiger partial charge is 0.325 e. The van der Waals surface area contributed by atoms with Crippen molar-refractivity contribution in [3.8, 4) is 0 Å². The van der Waals surface area contributed by atoms with Crippen LogP contribution in [0.15, 0.2) is 0 Å². The monoisotopic (exact) mass is 309 g/mol. The summed E-state index contributed by atoms with van der Waals surface area (Å²) in [5.41, 5.74) is -0.982. The van der Waals surface area contributed by atoms with Gasteiger partial charge >= 0.3 is 6.03 Å². The number of rotatable bonds is 4. The Morgan fingerprint density at radius 2 is 1.59 bits per heavy atom. The van der Waals surface area contributed by atoms with E-state index < -0.39 is 5.54 Å². The Kier molecular flexibility index (Phi) is 4.33. The lowest BCUT2D eigenvalue weighted by atomic mass is 9.69. The van der Waals surface area contributed by atoms with E-state index in [0.29, 0.717) is 19.4 Å². The number of hydrogen-bond donors (Lipinski definition) is 1. The number of nitrogens with zero attached hydrogens (tertiary/aromatic N) is 2. The van der Waals surface area contributed by atoms with E-state index in [-0.39, 0.29) is 23.0 Å². The highest BCUT2D eigenvalue weighted by atomic mass is 16.2. The van der Waals surface area contributed by atoms with Crippen LogP contribution in [0.1, 0.15) is 67.2 Å². The van der Waals surface area contributed by atoms with Crippen LogP contribution in [0.25, 0.3) is 0 Å². The third kappa shape index (κ3) is 2.64. The molecule has 0 aromatic heterocycles. The second-order valence-corrected chi connectivity index (χ2v) is 8.05. The molecule has 5 heteroatoms. The van der Waals surface area contributed by atoms with Crippen LogP contribution < -0.4 is 5.32 Å². The fraction of sp³-hybridized carbons (Fsp3) is 0.882. The van der Waals surface area contributed by atoms with Crippen LogP contribution in [0.3, 0.4) is 0 Å². The fourth-order valence-electron chi connectivity index (χ4n) is 4.84. The maximum atomic E-state index is 13.0. The summed E-state index contributed by atoms with van der Waals surface area (Å²) in [6.07, 6.45) is 3.18. The van der Waals surface area contributed by atoms with Gasteiger partial charge in [0.2, 0.25) is 0 Å². The van der Waals surface area contributed by atoms with E-state index >= 15 is 0 Å². The molecule has 22 heavy (non-hydrogen) atoms. The molecular weight excluding hydrogens is 278 g/mol. The Morgan fingerprint density at radius 3 is 2.05 bits per heavy atom. The van der Waals surface area contributed by atoms with Crippen molar-refractivity contribution in [3.05, 3.63) is 0 Å². The first-order chi connectivity index (χ1) is 10.1. The predicted octanol–water partition coefficient (Wildman–Crippen LogP) is 2.75. The normalized spacial score (nSPS) is 26.5. The maximum absolute atomic E-state index is 13.0. The Hall–Kier alpha value is -1.10. The predicted molar refractivity (Wildman–Crippen MR) is 87.7 cm³/mol. The van der Waals surface area contributed by atoms with Gasteiger partial charge in [-0.25, -0.2) is 4.79 Å². The Labute approximate surface area is 134 Å². The van der Waals surface area contributed by atoms with Gasteiger partial charge in [0.15, 0.2) is 0 Å². The van der Waals surface area contributed by atoms with E-state index in [2.05, 4.69) is 51.8 Å². The molecule has 0 aromatic rings. The molecule has 0 radical (unpaired) electrons. The van der Waals surface area contributed by atoms with Gasteiger partial charge in [-0.15, -0.1) is 0 Å². The van der Waals surface area contributed by atoms with Crippen LogP contribution >= 0.6 is 0 Å². The molecule has 0 aliphatic carbocycles. The molecular formula is C17H31N3O2. The Balaban J connectivity index is 2.32. The zero-order chi connectivity index (χ0) is 16.8. The highest BCUT2D eigenvalue weighted by molar-refractivity contribution is 6.07. The molecule has 2 rings (SSSR count). The van der Waals surface area contributed by atoms with Crippen LogP contribution in [-0.2, 0) is 4.79 Å². The van der Waals surface area contributed by atoms with E-state index in [1.54, 1.807) is 0 Å². The zero-order valence-corrected chi connectivity index (χ0v) is 15.0. The van der Waals surface area contributed by atoms with Crippen molar-refractivity contribution in [2.75, 3.05) is 13.1 Å². The third-order valence-electron chi connectivity index (χ3n) is 5.23. The van der Waals surface area contributed by atoms with Gasteiger partial charge in [-0.05, 0) is 53.5 Å². The van der Waals surface area contributed by atoms with Crippen LogP contribution in [0.2, 0.25) is 0 Å². The number of amides is 3. The molecule has 1 N–H and O–H groups in total. The smallest absolute Gasteiger partial charge is 0.323 e. The molecule has 5 nitrogen and oxygen atoms in total. The SMILES string of the molecule is CCCCN1C(=O)NC2(CC(C)(C)N(CC)C(C)(C)C2)C1=O. The first-order valence-electron chi connectivity index (χ1n) is 8.51. The second kappa shape index (κ2) is 5.52. The summed E-state index contributed by atoms with van der Waals surface area (Å²) in [5, 5.41) is 3.04. The number of carbonyl (C=O) groups is 2. The van der Waals surface area contributed by atoms with Crippen molar-refractivity contribution in [1.82, 2.24) is 15.1 Å². The van der Waals surface area contributed by atoms with E-state index in [4.69, 9.17) is 0 Å². The maximum Gasteiger partial charge on any atom is 0.325 e. The topological polar surface area (TPSA) is 52.7 Å². The van der Waals surface area contributed by atoms with Crippen LogP contribution in [0.5, 0.6) is 0 Å². The number of carbonyl (C=O) groups excluding carboxylic acids is 2. The zero-order valence-electron chi connectivity index (χ0n) is 15.0. The van der Waals surface area contributed by atoms with Crippen molar-refractivity contribution < 1.29 is 9.59 Å². The number of piperidine rings is 1. The minimum Gasteiger partial charge on any atom is -0.323 e. The summed E-state index contributed by atoms with van der Waals surface area (Å²) in [7, 11) is 0. The molecule has 2 fully saturated rings. The average Bonchev–Trinajstić information content (AvgIpc) is 2.56. The quantitative estimate of drug-likeness (QED) is 0.812. The molecule has 126 valence electrons. The van der Waals surface area contributed by atoms with Crippen LogP contribution in [-0.4, -0.2) is 51.4 Å². The third-order valence-corrected chi connectivity index (χ3v) is 5.23. The summed E-state index contributed by atoms with van der Waals surface area (Å²) in [6.45, 7) is 14.4. The van der Waals surface area contributed by atoms with Crippen molar-refractivity contribution in [2.45, 2.75) is 83.8 Å². The van der Waals surface area contributed by atoms with Crippen molar-refractivity contribution in [2.24, 2.45) is 0 Å². The second-order valence-electron chi connectivity index (χ2n) is 8.05. The number of imide groups is 1. The number of urea groups is 1. The summed E-state index contributed by atoms with van der Waals surface area (Å²) >= 11 is 0. The van der Waals surface area contributed by atoms with Crippen LogP contribution in [0.4, 0.5) is 4.79 Å². The Bertz CT molecular complexity index is 453. The summed E-state index contributed by atoms with van der Waals surface area (Å²) in [4.78, 5) is 29.2. The minimum absolute atomic E-state index is 0.0251. The number of unbranched alkanes of at least 4 members (excludes halogenated alkanes) is 1. The first kappa shape index (κ1) is 17.3. The molecule has 2 saturated heterocycles. The molecule has 2 heterocycles. The number of likely N-dealkylation sites (tertiary alicyclic amines) is 1. The number of nitrogens with one attached hydrogen (secondary N) is 1. The Morgan fingerprint density at radius 1 is 1.05 bits per heavy atom. The van der Waals surface area contributed by atoms with Crippen molar-refractivity contribution >= 4 is 11.9 Å². The van der Waals surface area contributed by atoms with Gasteiger partial charge in [-0.3, -0.25) is 14.6 Å². The molecule has 0 aromatic carbocycles. The van der Waals surface area contributed by atoms with Gasteiger partial charge < -0.3 is 5.32 Å². The van der Waals surface area contributed by atoms with E-state index in [9.17, 15) is 9.59 Å². The van der Waals surface area contributed by atoms with Gasteiger partial charge in [0.05, 0.1) is 0 Å².